The summed E-state index contributed by atoms with van der Waals surface area (Å²) in [6.45, 7) is 0. The Labute approximate surface area is 133 Å². The highest BCUT2D eigenvalue weighted by Gasteiger charge is 2.19. The van der Waals surface area contributed by atoms with E-state index in [9.17, 15) is 4.79 Å². The Morgan fingerprint density at radius 2 is 1.52 bits per heavy atom. The van der Waals surface area contributed by atoms with Crippen LogP contribution in [0.25, 0.3) is 22.3 Å². The number of ether oxygens (including phenoxy) is 3. The maximum atomic E-state index is 12.7. The second kappa shape index (κ2) is 6.04. The van der Waals surface area contributed by atoms with Crippen molar-refractivity contribution >= 4 is 11.0 Å². The number of methoxy groups -OCH3 is 3. The lowest BCUT2D eigenvalue weighted by Crippen LogP contribution is -2.08. The van der Waals surface area contributed by atoms with E-state index < -0.39 is 0 Å². The molecule has 118 valence electrons. The van der Waals surface area contributed by atoms with Crippen LogP contribution in [0, 0.1) is 0 Å². The van der Waals surface area contributed by atoms with Crippen molar-refractivity contribution in [2.45, 2.75) is 0 Å². The fraction of sp³-hybridized carbons (Fsp3) is 0.167. The van der Waals surface area contributed by atoms with Crippen molar-refractivity contribution < 1.29 is 18.6 Å². The molecule has 0 atom stereocenters. The summed E-state index contributed by atoms with van der Waals surface area (Å²) in [5.74, 6) is 1.50. The van der Waals surface area contributed by atoms with Crippen LogP contribution in [0.5, 0.6) is 17.2 Å². The molecule has 0 aliphatic carbocycles. The summed E-state index contributed by atoms with van der Waals surface area (Å²) in [5, 5.41) is 0.374. The summed E-state index contributed by atoms with van der Waals surface area (Å²) in [7, 11) is 4.50. The molecule has 5 nitrogen and oxygen atoms in total. The predicted octanol–water partition coefficient (Wildman–Crippen LogP) is 3.49. The maximum absolute atomic E-state index is 12.7. The van der Waals surface area contributed by atoms with Gasteiger partial charge in [-0.1, -0.05) is 30.3 Å². The van der Waals surface area contributed by atoms with Crippen molar-refractivity contribution in [2.24, 2.45) is 0 Å². The molecule has 0 fully saturated rings. The Hall–Kier alpha value is -2.95. The molecule has 1 aromatic heterocycles. The number of hydrogen-bond acceptors (Lipinski definition) is 5. The minimum absolute atomic E-state index is 0.163. The van der Waals surface area contributed by atoms with Crippen LogP contribution in [-0.2, 0) is 0 Å². The quantitative estimate of drug-likeness (QED) is 0.738. The van der Waals surface area contributed by atoms with Crippen LogP contribution in [0.4, 0.5) is 0 Å². The Balaban J connectivity index is 2.37. The van der Waals surface area contributed by atoms with Gasteiger partial charge >= 0.3 is 0 Å². The average Bonchev–Trinajstić information content (AvgIpc) is 2.61. The predicted molar refractivity (Wildman–Crippen MR) is 87.6 cm³/mol. The highest BCUT2D eigenvalue weighted by molar-refractivity contribution is 5.85. The van der Waals surface area contributed by atoms with Gasteiger partial charge in [0.15, 0.2) is 17.3 Å². The standard InChI is InChI=1S/C18H16O5/c1-20-14-9-12-13(10-15(14)21-2)23-17(18(22-3)16(12)19)11-7-5-4-6-8-11/h4-10H,1-3H3. The molecule has 0 aliphatic heterocycles. The van der Waals surface area contributed by atoms with Crippen molar-refractivity contribution in [1.29, 1.82) is 0 Å². The molecule has 0 N–H and O–H groups in total. The fourth-order valence-corrected chi connectivity index (χ4v) is 2.47. The van der Waals surface area contributed by atoms with Crippen LogP contribution in [0.1, 0.15) is 0 Å². The Kier molecular flexibility index (Phi) is 3.93. The molecule has 0 radical (unpaired) electrons. The number of rotatable bonds is 4. The second-order valence-electron chi connectivity index (χ2n) is 4.86. The van der Waals surface area contributed by atoms with Gasteiger partial charge < -0.3 is 18.6 Å². The van der Waals surface area contributed by atoms with Gasteiger partial charge in [-0.05, 0) is 6.07 Å². The molecule has 0 saturated heterocycles. The van der Waals surface area contributed by atoms with Gasteiger partial charge in [-0.25, -0.2) is 0 Å². The topological polar surface area (TPSA) is 57.9 Å². The van der Waals surface area contributed by atoms with E-state index in [1.165, 1.54) is 21.3 Å². The van der Waals surface area contributed by atoms with E-state index >= 15 is 0 Å². The molecule has 5 heteroatoms. The van der Waals surface area contributed by atoms with Crippen LogP contribution in [0.3, 0.4) is 0 Å². The molecular weight excluding hydrogens is 296 g/mol. The SMILES string of the molecule is COc1cc2oc(-c3ccccc3)c(OC)c(=O)c2cc1OC. The molecule has 3 rings (SSSR count). The van der Waals surface area contributed by atoms with E-state index in [-0.39, 0.29) is 11.2 Å². The molecule has 3 aromatic rings. The fourth-order valence-electron chi connectivity index (χ4n) is 2.47. The van der Waals surface area contributed by atoms with Gasteiger partial charge in [0.2, 0.25) is 11.2 Å². The number of hydrogen-bond donors (Lipinski definition) is 0. The molecule has 0 unspecified atom stereocenters. The van der Waals surface area contributed by atoms with Gasteiger partial charge in [0.25, 0.3) is 0 Å². The third kappa shape index (κ3) is 2.50. The van der Waals surface area contributed by atoms with Crippen LogP contribution < -0.4 is 19.6 Å². The third-order valence-electron chi connectivity index (χ3n) is 3.59. The molecule has 0 bridgehead atoms. The first-order valence-corrected chi connectivity index (χ1v) is 7.01. The summed E-state index contributed by atoms with van der Waals surface area (Å²) in [6.07, 6.45) is 0. The van der Waals surface area contributed by atoms with Crippen molar-refractivity contribution in [3.63, 3.8) is 0 Å². The average molecular weight is 312 g/mol. The molecule has 2 aromatic carbocycles. The van der Waals surface area contributed by atoms with Crippen LogP contribution >= 0.6 is 0 Å². The van der Waals surface area contributed by atoms with Gasteiger partial charge in [-0.2, -0.15) is 0 Å². The third-order valence-corrected chi connectivity index (χ3v) is 3.59. The normalized spacial score (nSPS) is 10.6. The molecule has 0 spiro atoms. The Morgan fingerprint density at radius 1 is 0.870 bits per heavy atom. The van der Waals surface area contributed by atoms with E-state index in [0.29, 0.717) is 28.2 Å². The van der Waals surface area contributed by atoms with E-state index in [0.717, 1.165) is 5.56 Å². The zero-order chi connectivity index (χ0) is 16.4. The number of benzene rings is 2. The van der Waals surface area contributed by atoms with Crippen molar-refractivity contribution in [3.05, 3.63) is 52.7 Å². The minimum atomic E-state index is -0.256. The summed E-state index contributed by atoms with van der Waals surface area (Å²) in [6, 6.07) is 12.6. The Bertz CT molecular complexity index is 897. The van der Waals surface area contributed by atoms with Crippen molar-refractivity contribution in [2.75, 3.05) is 21.3 Å². The maximum Gasteiger partial charge on any atom is 0.235 e. The molecule has 0 aliphatic rings. The van der Waals surface area contributed by atoms with E-state index in [2.05, 4.69) is 0 Å². The monoisotopic (exact) mass is 312 g/mol. The zero-order valence-electron chi connectivity index (χ0n) is 13.1. The molecule has 0 amide bonds. The van der Waals surface area contributed by atoms with Gasteiger partial charge in [0.1, 0.15) is 5.58 Å². The van der Waals surface area contributed by atoms with E-state index in [1.54, 1.807) is 12.1 Å². The second-order valence-corrected chi connectivity index (χ2v) is 4.86. The van der Waals surface area contributed by atoms with Crippen LogP contribution in [0.2, 0.25) is 0 Å². The smallest absolute Gasteiger partial charge is 0.235 e. The first kappa shape index (κ1) is 15.0. The molecule has 1 heterocycles. The van der Waals surface area contributed by atoms with E-state index in [4.69, 9.17) is 18.6 Å². The zero-order valence-corrected chi connectivity index (χ0v) is 13.1. The highest BCUT2D eigenvalue weighted by atomic mass is 16.5. The summed E-state index contributed by atoms with van der Waals surface area (Å²) in [5.41, 5.74) is 0.916. The first-order chi connectivity index (χ1) is 11.2. The van der Waals surface area contributed by atoms with Gasteiger partial charge in [-0.3, -0.25) is 4.79 Å². The van der Waals surface area contributed by atoms with Crippen molar-refractivity contribution in [3.8, 4) is 28.6 Å². The van der Waals surface area contributed by atoms with Gasteiger partial charge in [-0.15, -0.1) is 0 Å². The molecule has 0 saturated carbocycles. The highest BCUT2D eigenvalue weighted by Crippen LogP contribution is 2.35. The van der Waals surface area contributed by atoms with E-state index in [1.807, 2.05) is 30.3 Å². The first-order valence-electron chi connectivity index (χ1n) is 7.01. The summed E-state index contributed by atoms with van der Waals surface area (Å²) < 4.78 is 21.7. The lowest BCUT2D eigenvalue weighted by atomic mass is 10.1. The summed E-state index contributed by atoms with van der Waals surface area (Å²) >= 11 is 0. The van der Waals surface area contributed by atoms with Crippen LogP contribution in [0.15, 0.2) is 51.7 Å². The molecule has 23 heavy (non-hydrogen) atoms. The minimum Gasteiger partial charge on any atom is -0.493 e. The lowest BCUT2D eigenvalue weighted by molar-refractivity contribution is 0.354. The Morgan fingerprint density at radius 3 is 2.13 bits per heavy atom. The summed E-state index contributed by atoms with van der Waals surface area (Å²) in [4.78, 5) is 12.7. The van der Waals surface area contributed by atoms with Crippen molar-refractivity contribution in [1.82, 2.24) is 0 Å². The van der Waals surface area contributed by atoms with Crippen LogP contribution in [-0.4, -0.2) is 21.3 Å². The molecular formula is C18H16O5. The van der Waals surface area contributed by atoms with Gasteiger partial charge in [0.05, 0.1) is 26.7 Å². The van der Waals surface area contributed by atoms with Gasteiger partial charge in [0, 0.05) is 11.6 Å². The largest absolute Gasteiger partial charge is 0.493 e. The lowest BCUT2D eigenvalue weighted by Gasteiger charge is -2.12. The number of fused-ring (bicyclic) bond motifs is 1.